The Bertz CT molecular complexity index is 1230. The number of aromatic amines is 1. The maximum Gasteiger partial charge on any atom is 0.326 e. The van der Waals surface area contributed by atoms with Crippen LogP contribution in [0.3, 0.4) is 0 Å². The number of primary amides is 1. The zero-order chi connectivity index (χ0) is 29.8. The van der Waals surface area contributed by atoms with Crippen LogP contribution in [0.25, 0.3) is 10.9 Å². The van der Waals surface area contributed by atoms with Gasteiger partial charge in [0.15, 0.2) is 0 Å². The number of hydrogen-bond donors (Lipinski definition) is 8. The van der Waals surface area contributed by atoms with Gasteiger partial charge in [-0.15, -0.1) is 0 Å². The minimum atomic E-state index is -1.70. The van der Waals surface area contributed by atoms with Gasteiger partial charge in [-0.3, -0.25) is 24.0 Å². The quantitative estimate of drug-likeness (QED) is 0.114. The number of fused-ring (bicyclic) bond motifs is 1. The number of thioether (sulfide) groups is 1. The number of carbonyl (C=O) groups is 6. The van der Waals surface area contributed by atoms with Crippen LogP contribution in [0.1, 0.15) is 31.2 Å². The predicted molar refractivity (Wildman–Crippen MR) is 147 cm³/mol. The molecule has 2 rings (SSSR count). The molecule has 1 aromatic heterocycles. The summed E-state index contributed by atoms with van der Waals surface area (Å²) in [5.74, 6) is -5.53. The van der Waals surface area contributed by atoms with Crippen molar-refractivity contribution in [2.24, 2.45) is 11.5 Å². The van der Waals surface area contributed by atoms with Gasteiger partial charge in [0.2, 0.25) is 23.6 Å². The second kappa shape index (κ2) is 15.5. The van der Waals surface area contributed by atoms with E-state index in [0.29, 0.717) is 11.3 Å². The van der Waals surface area contributed by atoms with Crippen molar-refractivity contribution in [3.05, 3.63) is 36.0 Å². The van der Waals surface area contributed by atoms with Crippen LogP contribution in [-0.4, -0.2) is 86.9 Å². The van der Waals surface area contributed by atoms with E-state index in [2.05, 4.69) is 20.9 Å². The molecule has 4 atom stereocenters. The molecule has 4 amide bonds. The average Bonchev–Trinajstić information content (AvgIpc) is 3.30. The molecule has 0 fully saturated rings. The topological polar surface area (TPSA) is 247 Å². The summed E-state index contributed by atoms with van der Waals surface area (Å²) in [7, 11) is 0. The van der Waals surface area contributed by atoms with Crippen molar-refractivity contribution in [1.82, 2.24) is 20.9 Å². The van der Waals surface area contributed by atoms with Crippen LogP contribution in [0.15, 0.2) is 30.5 Å². The molecule has 0 aliphatic rings. The van der Waals surface area contributed by atoms with Crippen LogP contribution in [-0.2, 0) is 35.2 Å². The Morgan fingerprint density at radius 2 is 1.55 bits per heavy atom. The molecular weight excluding hydrogens is 544 g/mol. The third-order valence-corrected chi connectivity index (χ3v) is 6.65. The van der Waals surface area contributed by atoms with Crippen LogP contribution in [0.2, 0.25) is 0 Å². The predicted octanol–water partition coefficient (Wildman–Crippen LogP) is -0.930. The zero-order valence-corrected chi connectivity index (χ0v) is 22.7. The van der Waals surface area contributed by atoms with E-state index in [-0.39, 0.29) is 25.7 Å². The van der Waals surface area contributed by atoms with E-state index in [1.807, 2.05) is 24.3 Å². The Morgan fingerprint density at radius 3 is 2.17 bits per heavy atom. The number of carboxylic acids is 2. The van der Waals surface area contributed by atoms with Gasteiger partial charge in [0.1, 0.15) is 18.1 Å². The maximum absolute atomic E-state index is 13.5. The highest BCUT2D eigenvalue weighted by Gasteiger charge is 2.31. The molecule has 10 N–H and O–H groups in total. The molecular formula is C25H34N6O8S. The summed E-state index contributed by atoms with van der Waals surface area (Å²) >= 11 is 1.38. The number of rotatable bonds is 17. The maximum atomic E-state index is 13.5. The first-order chi connectivity index (χ1) is 18.9. The first-order valence-corrected chi connectivity index (χ1v) is 13.8. The molecule has 0 bridgehead atoms. The summed E-state index contributed by atoms with van der Waals surface area (Å²) in [5.41, 5.74) is 12.5. The Balaban J connectivity index is 2.28. The number of para-hydroxylation sites is 1. The number of carbonyl (C=O) groups excluding carboxylic acids is 4. The van der Waals surface area contributed by atoms with Gasteiger partial charge in [0, 0.05) is 29.9 Å². The molecule has 1 heterocycles. The normalized spacial score (nSPS) is 13.9. The van der Waals surface area contributed by atoms with Gasteiger partial charge in [-0.05, 0) is 36.5 Å². The molecule has 0 saturated heterocycles. The van der Waals surface area contributed by atoms with Crippen molar-refractivity contribution in [3.63, 3.8) is 0 Å². The van der Waals surface area contributed by atoms with Crippen molar-refractivity contribution in [3.8, 4) is 0 Å². The molecule has 15 heteroatoms. The van der Waals surface area contributed by atoms with Crippen LogP contribution in [0.4, 0.5) is 0 Å². The summed E-state index contributed by atoms with van der Waals surface area (Å²) in [5, 5.41) is 26.4. The summed E-state index contributed by atoms with van der Waals surface area (Å²) in [6.45, 7) is 0. The van der Waals surface area contributed by atoms with Crippen LogP contribution < -0.4 is 27.4 Å². The Labute approximate surface area is 234 Å². The number of aromatic nitrogens is 1. The average molecular weight is 579 g/mol. The van der Waals surface area contributed by atoms with Gasteiger partial charge in [0.05, 0.1) is 12.5 Å². The van der Waals surface area contributed by atoms with Gasteiger partial charge in [-0.1, -0.05) is 18.2 Å². The molecule has 4 unspecified atom stereocenters. The largest absolute Gasteiger partial charge is 0.481 e. The number of carboxylic acid groups (broad SMARTS) is 2. The highest BCUT2D eigenvalue weighted by atomic mass is 32.2. The van der Waals surface area contributed by atoms with E-state index in [0.717, 1.165) is 10.9 Å². The Kier molecular flexibility index (Phi) is 12.4. The van der Waals surface area contributed by atoms with Crippen molar-refractivity contribution in [2.45, 2.75) is 56.3 Å². The van der Waals surface area contributed by atoms with Crippen LogP contribution in [0.5, 0.6) is 0 Å². The van der Waals surface area contributed by atoms with E-state index in [9.17, 15) is 33.9 Å². The molecule has 0 saturated carbocycles. The number of hydrogen-bond acceptors (Lipinski definition) is 8. The minimum absolute atomic E-state index is 0.0117. The number of benzene rings is 1. The highest BCUT2D eigenvalue weighted by molar-refractivity contribution is 7.98. The zero-order valence-electron chi connectivity index (χ0n) is 21.8. The third-order valence-electron chi connectivity index (χ3n) is 6.01. The van der Waals surface area contributed by atoms with Crippen molar-refractivity contribution >= 4 is 58.2 Å². The van der Waals surface area contributed by atoms with Gasteiger partial charge in [-0.2, -0.15) is 11.8 Å². The fourth-order valence-electron chi connectivity index (χ4n) is 3.86. The van der Waals surface area contributed by atoms with E-state index in [4.69, 9.17) is 16.6 Å². The second-order valence-electron chi connectivity index (χ2n) is 9.08. The molecule has 218 valence electrons. The lowest BCUT2D eigenvalue weighted by atomic mass is 10.0. The number of H-pyrrole nitrogens is 1. The van der Waals surface area contributed by atoms with Crippen LogP contribution >= 0.6 is 11.8 Å². The summed E-state index contributed by atoms with van der Waals surface area (Å²) in [4.78, 5) is 75.8. The second-order valence-corrected chi connectivity index (χ2v) is 10.1. The first kappa shape index (κ1) is 32.1. The number of amides is 4. The molecule has 40 heavy (non-hydrogen) atoms. The Hall–Kier alpha value is -4.11. The standard InChI is InChI=1S/C25H34N6O8S/c1-40-9-8-17(23(36)31-19(25(38)39)11-21(33)34)29-24(37)18(30-22(35)15(26)6-7-20(27)32)10-13-12-28-16-5-3-2-4-14(13)16/h2-5,12,15,17-19,28H,6-11,26H2,1H3,(H2,27,32)(H,29,37)(H,30,35)(H,31,36)(H,33,34)(H,38,39). The first-order valence-electron chi connectivity index (χ1n) is 12.4. The molecule has 0 radical (unpaired) electrons. The fourth-order valence-corrected chi connectivity index (χ4v) is 4.33. The van der Waals surface area contributed by atoms with Gasteiger partial charge < -0.3 is 42.6 Å². The van der Waals surface area contributed by atoms with E-state index >= 15 is 0 Å². The third kappa shape index (κ3) is 9.89. The Morgan fingerprint density at radius 1 is 0.925 bits per heavy atom. The lowest BCUT2D eigenvalue weighted by Crippen LogP contribution is -2.57. The minimum Gasteiger partial charge on any atom is -0.481 e. The number of nitrogens with two attached hydrogens (primary N) is 2. The monoisotopic (exact) mass is 578 g/mol. The molecule has 0 spiro atoms. The molecule has 2 aromatic rings. The van der Waals surface area contributed by atoms with Gasteiger partial charge in [-0.25, -0.2) is 4.79 Å². The summed E-state index contributed by atoms with van der Waals surface area (Å²) < 4.78 is 0. The van der Waals surface area contributed by atoms with Crippen LogP contribution in [0, 0.1) is 0 Å². The summed E-state index contributed by atoms with van der Waals surface area (Å²) in [6, 6.07) is 2.05. The van der Waals surface area contributed by atoms with E-state index in [1.54, 1.807) is 12.5 Å². The highest BCUT2D eigenvalue weighted by Crippen LogP contribution is 2.19. The van der Waals surface area contributed by atoms with Crippen molar-refractivity contribution in [2.75, 3.05) is 12.0 Å². The molecule has 1 aromatic carbocycles. The van der Waals surface area contributed by atoms with Gasteiger partial charge in [0.25, 0.3) is 0 Å². The lowest BCUT2D eigenvalue weighted by molar-refractivity contribution is -0.147. The molecule has 0 aliphatic carbocycles. The summed E-state index contributed by atoms with van der Waals surface area (Å²) in [6.07, 6.45) is 2.54. The molecule has 0 aliphatic heterocycles. The smallest absolute Gasteiger partial charge is 0.326 e. The fraction of sp³-hybridized carbons (Fsp3) is 0.440. The van der Waals surface area contributed by atoms with Crippen molar-refractivity contribution < 1.29 is 39.0 Å². The lowest BCUT2D eigenvalue weighted by Gasteiger charge is -2.25. The van der Waals surface area contributed by atoms with Gasteiger partial charge >= 0.3 is 11.9 Å². The van der Waals surface area contributed by atoms with Crippen molar-refractivity contribution in [1.29, 1.82) is 0 Å². The van der Waals surface area contributed by atoms with E-state index < -0.39 is 66.2 Å². The number of aliphatic carboxylic acids is 2. The SMILES string of the molecule is CSCCC(NC(=O)C(Cc1c[nH]c2ccccc12)NC(=O)C(N)CCC(N)=O)C(=O)NC(CC(=O)O)C(=O)O. The van der Waals surface area contributed by atoms with E-state index in [1.165, 1.54) is 11.8 Å². The number of nitrogens with one attached hydrogen (secondary N) is 4. The molecule has 14 nitrogen and oxygen atoms in total.